The van der Waals surface area contributed by atoms with E-state index in [1.165, 1.54) is 12.7 Å². The summed E-state index contributed by atoms with van der Waals surface area (Å²) in [4.78, 5) is 17.2. The fraction of sp³-hybridized carbons (Fsp3) is 0.114. The summed E-state index contributed by atoms with van der Waals surface area (Å²) in [6.45, 7) is 6.88. The Morgan fingerprint density at radius 1 is 0.881 bits per heavy atom. The molecule has 7 heteroatoms. The molecular weight excluding hydrogens is 542 g/mol. The van der Waals surface area contributed by atoms with Crippen LogP contribution in [0.2, 0.25) is 0 Å². The molecule has 0 aliphatic carbocycles. The van der Waals surface area contributed by atoms with Crippen molar-refractivity contribution >= 4 is 23.5 Å². The number of carbonyl (C=O) groups excluding carboxylic acids is 1. The van der Waals surface area contributed by atoms with Crippen LogP contribution in [0, 0.1) is 0 Å². The van der Waals surface area contributed by atoms with Crippen molar-refractivity contribution in [1.82, 2.24) is 4.68 Å². The predicted octanol–water partition coefficient (Wildman–Crippen LogP) is 7.61. The summed E-state index contributed by atoms with van der Waals surface area (Å²) in [5.41, 5.74) is 7.76. The molecule has 42 heavy (non-hydrogen) atoms. The van der Waals surface area contributed by atoms with Gasteiger partial charge in [-0.05, 0) is 65.6 Å². The zero-order valence-electron chi connectivity index (χ0n) is 23.6. The van der Waals surface area contributed by atoms with Crippen molar-refractivity contribution in [3.8, 4) is 28.1 Å². The molecule has 0 aliphatic rings. The summed E-state index contributed by atoms with van der Waals surface area (Å²) in [5.74, 6) is 0.383. The highest BCUT2D eigenvalue weighted by Gasteiger charge is 2.09. The summed E-state index contributed by atoms with van der Waals surface area (Å²) in [6, 6.07) is 33.8. The van der Waals surface area contributed by atoms with Crippen LogP contribution in [0.5, 0.6) is 5.75 Å². The molecule has 0 atom stereocenters. The maximum Gasteiger partial charge on any atom is 0.337 e. The number of ether oxygens (including phenoxy) is 2. The Hall–Kier alpha value is -5.01. The largest absolute Gasteiger partial charge is 0.489 e. The average molecular weight is 574 g/mol. The summed E-state index contributed by atoms with van der Waals surface area (Å²) in [7, 11) is 1.37. The van der Waals surface area contributed by atoms with Crippen molar-refractivity contribution in [2.45, 2.75) is 13.5 Å². The van der Waals surface area contributed by atoms with E-state index >= 15 is 0 Å². The van der Waals surface area contributed by atoms with Crippen molar-refractivity contribution in [1.29, 1.82) is 0 Å². The smallest absolute Gasteiger partial charge is 0.337 e. The molecule has 0 aliphatic heterocycles. The Kier molecular flexibility index (Phi) is 9.21. The molecule has 4 aromatic carbocycles. The minimum Gasteiger partial charge on any atom is -0.489 e. The quantitative estimate of drug-likeness (QED) is 0.0981. The van der Waals surface area contributed by atoms with Gasteiger partial charge in [0.15, 0.2) is 0 Å². The van der Waals surface area contributed by atoms with Crippen LogP contribution < -0.4 is 9.54 Å². The summed E-state index contributed by atoms with van der Waals surface area (Å²) in [5, 5.41) is 6.91. The van der Waals surface area contributed by atoms with Gasteiger partial charge in [0.05, 0.1) is 31.1 Å². The number of hydrogen-bond acceptors (Lipinski definition) is 6. The zero-order valence-corrected chi connectivity index (χ0v) is 24.4. The number of hydrogen-bond donors (Lipinski definition) is 0. The first-order valence-electron chi connectivity index (χ1n) is 13.5. The van der Waals surface area contributed by atoms with E-state index in [0.29, 0.717) is 18.7 Å². The summed E-state index contributed by atoms with van der Waals surface area (Å²) < 4.78 is 12.6. The van der Waals surface area contributed by atoms with E-state index in [1.807, 2.05) is 72.4 Å². The van der Waals surface area contributed by atoms with Gasteiger partial charge in [-0.2, -0.15) is 5.10 Å². The first-order chi connectivity index (χ1) is 20.5. The Morgan fingerprint density at radius 3 is 2.21 bits per heavy atom. The summed E-state index contributed by atoms with van der Waals surface area (Å²) in [6.07, 6.45) is 1.82. The molecule has 5 rings (SSSR count). The van der Waals surface area contributed by atoms with Crippen molar-refractivity contribution in [3.63, 3.8) is 0 Å². The molecule has 0 saturated carbocycles. The molecule has 0 fully saturated rings. The van der Waals surface area contributed by atoms with Crippen LogP contribution in [0.15, 0.2) is 131 Å². The number of rotatable bonds is 10. The number of thiazole rings is 1. The lowest BCUT2D eigenvalue weighted by atomic mass is 10.0. The maximum atomic E-state index is 11.6. The molecule has 210 valence electrons. The van der Waals surface area contributed by atoms with E-state index in [2.05, 4.69) is 48.4 Å². The Morgan fingerprint density at radius 2 is 1.55 bits per heavy atom. The number of aromatic nitrogens is 1. The molecule has 0 N–H and O–H groups in total. The summed E-state index contributed by atoms with van der Waals surface area (Å²) >= 11 is 1.56. The molecule has 0 bridgehead atoms. The van der Waals surface area contributed by atoms with Gasteiger partial charge >= 0.3 is 5.97 Å². The fourth-order valence-corrected chi connectivity index (χ4v) is 5.02. The van der Waals surface area contributed by atoms with E-state index in [-0.39, 0.29) is 5.97 Å². The lowest BCUT2D eigenvalue weighted by molar-refractivity contribution is 0.0600. The molecule has 0 amide bonds. The molecule has 0 unspecified atom stereocenters. The molecule has 0 saturated heterocycles. The first-order valence-corrected chi connectivity index (χ1v) is 14.3. The Balaban J connectivity index is 1.32. The van der Waals surface area contributed by atoms with Gasteiger partial charge in [0.1, 0.15) is 12.4 Å². The van der Waals surface area contributed by atoms with Crippen LogP contribution >= 0.6 is 11.3 Å². The standard InChI is InChI=1S/C35H31N3O3S/c1-25(2)21-36-35-38(33(24-42-35)30-17-15-29(16-18-30)28-7-5-4-6-8-28)37-22-26-11-19-32(20-12-26)41-23-27-9-13-31(14-10-27)34(39)40-3/h4-20,22,24H,1,21,23H2,2-3H3. The van der Waals surface area contributed by atoms with Gasteiger partial charge in [0.25, 0.3) is 0 Å². The maximum absolute atomic E-state index is 11.6. The average Bonchev–Trinajstić information content (AvgIpc) is 3.45. The van der Waals surface area contributed by atoms with Crippen LogP contribution in [-0.2, 0) is 11.3 Å². The number of methoxy groups -OCH3 is 1. The lowest BCUT2D eigenvalue weighted by Crippen LogP contribution is -2.13. The molecular formula is C35H31N3O3S. The van der Waals surface area contributed by atoms with Crippen LogP contribution in [-0.4, -0.2) is 30.5 Å². The van der Waals surface area contributed by atoms with E-state index in [1.54, 1.807) is 23.5 Å². The van der Waals surface area contributed by atoms with Crippen LogP contribution in [0.3, 0.4) is 0 Å². The molecule has 1 aromatic heterocycles. The van der Waals surface area contributed by atoms with Gasteiger partial charge in [-0.25, -0.2) is 9.47 Å². The highest BCUT2D eigenvalue weighted by atomic mass is 32.1. The minimum absolute atomic E-state index is 0.356. The van der Waals surface area contributed by atoms with E-state index < -0.39 is 0 Å². The number of nitrogens with zero attached hydrogens (tertiary/aromatic N) is 3. The third kappa shape index (κ3) is 7.19. The lowest BCUT2D eigenvalue weighted by Gasteiger charge is -2.08. The van der Waals surface area contributed by atoms with Gasteiger partial charge < -0.3 is 9.47 Å². The predicted molar refractivity (Wildman–Crippen MR) is 170 cm³/mol. The Bertz CT molecular complexity index is 1750. The van der Waals surface area contributed by atoms with E-state index in [9.17, 15) is 4.79 Å². The normalized spacial score (nSPS) is 11.5. The zero-order chi connectivity index (χ0) is 29.3. The van der Waals surface area contributed by atoms with Crippen molar-refractivity contribution < 1.29 is 14.3 Å². The fourth-order valence-electron chi connectivity index (χ4n) is 4.18. The van der Waals surface area contributed by atoms with Gasteiger partial charge in [-0.3, -0.25) is 4.99 Å². The van der Waals surface area contributed by atoms with Gasteiger partial charge in [-0.1, -0.05) is 78.9 Å². The highest BCUT2D eigenvalue weighted by Crippen LogP contribution is 2.25. The minimum atomic E-state index is -0.356. The molecule has 0 spiro atoms. The van der Waals surface area contributed by atoms with Gasteiger partial charge in [-0.15, -0.1) is 11.3 Å². The highest BCUT2D eigenvalue weighted by molar-refractivity contribution is 7.07. The van der Waals surface area contributed by atoms with Gasteiger partial charge in [0.2, 0.25) is 4.80 Å². The second-order valence-corrected chi connectivity index (χ2v) is 10.6. The molecule has 0 radical (unpaired) electrons. The Labute approximate surface area is 249 Å². The molecule has 6 nitrogen and oxygen atoms in total. The van der Waals surface area contributed by atoms with Crippen molar-refractivity contribution in [2.24, 2.45) is 10.1 Å². The van der Waals surface area contributed by atoms with E-state index in [0.717, 1.165) is 44.1 Å². The number of esters is 1. The third-order valence-corrected chi connectivity index (χ3v) is 7.29. The third-order valence-electron chi connectivity index (χ3n) is 6.44. The first kappa shape index (κ1) is 28.5. The number of carbonyl (C=O) groups is 1. The van der Waals surface area contributed by atoms with E-state index in [4.69, 9.17) is 19.6 Å². The van der Waals surface area contributed by atoms with Crippen LogP contribution in [0.4, 0.5) is 0 Å². The van der Waals surface area contributed by atoms with Crippen LogP contribution in [0.1, 0.15) is 28.4 Å². The number of benzene rings is 4. The van der Waals surface area contributed by atoms with Crippen molar-refractivity contribution in [2.75, 3.05) is 13.7 Å². The monoisotopic (exact) mass is 573 g/mol. The van der Waals surface area contributed by atoms with Gasteiger partial charge in [0, 0.05) is 10.9 Å². The second-order valence-electron chi connectivity index (χ2n) is 9.72. The molecule has 1 heterocycles. The van der Waals surface area contributed by atoms with Crippen molar-refractivity contribution in [3.05, 3.63) is 142 Å². The SMILES string of the molecule is C=C(C)CN=c1scc(-c2ccc(-c3ccccc3)cc2)n1N=Cc1ccc(OCc2ccc(C(=O)OC)cc2)cc1. The second kappa shape index (κ2) is 13.6. The van der Waals surface area contributed by atoms with Crippen LogP contribution in [0.25, 0.3) is 22.4 Å². The molecule has 5 aromatic rings. The topological polar surface area (TPSA) is 65.2 Å².